The van der Waals surface area contributed by atoms with Gasteiger partial charge < -0.3 is 5.73 Å². The van der Waals surface area contributed by atoms with Gasteiger partial charge in [0, 0.05) is 27.3 Å². The zero-order chi connectivity index (χ0) is 10.1. The van der Waals surface area contributed by atoms with Crippen LogP contribution in [0.1, 0.15) is 33.6 Å². The van der Waals surface area contributed by atoms with Gasteiger partial charge in [-0.05, 0) is 33.6 Å². The lowest BCUT2D eigenvalue weighted by Crippen LogP contribution is -2.33. The van der Waals surface area contributed by atoms with E-state index >= 15 is 0 Å². The third kappa shape index (κ3) is 3.65. The molecule has 0 aromatic rings. The maximum Gasteiger partial charge on any atom is 0.0618 e. The average Bonchev–Trinajstić information content (AvgIpc) is 1.92. The highest BCUT2D eigenvalue weighted by Crippen LogP contribution is 2.18. The standard InChI is InChI=1S/C9H20N2OS/c1-9(2,3)11-13(12)6-4-8(10)5-7-13/h8H,4-7,10H2,1-3H3. The predicted octanol–water partition coefficient (Wildman–Crippen LogP) is 1.37. The Morgan fingerprint density at radius 2 is 1.77 bits per heavy atom. The first-order chi connectivity index (χ1) is 5.81. The third-order valence-corrected chi connectivity index (χ3v) is 4.68. The molecule has 4 heteroatoms. The molecule has 0 atom stereocenters. The number of nitrogens with zero attached hydrogens (tertiary/aromatic N) is 1. The van der Waals surface area contributed by atoms with Crippen LogP contribution in [0.5, 0.6) is 0 Å². The van der Waals surface area contributed by atoms with Crippen molar-refractivity contribution < 1.29 is 4.21 Å². The number of hydrogen-bond acceptors (Lipinski definition) is 3. The molecule has 0 amide bonds. The zero-order valence-corrected chi connectivity index (χ0v) is 9.56. The maximum atomic E-state index is 12.1. The molecule has 1 aliphatic heterocycles. The van der Waals surface area contributed by atoms with Gasteiger partial charge in [-0.25, -0.2) is 8.57 Å². The molecule has 0 bridgehead atoms. The summed E-state index contributed by atoms with van der Waals surface area (Å²) in [5.41, 5.74) is 5.57. The molecular weight excluding hydrogens is 184 g/mol. The van der Waals surface area contributed by atoms with Gasteiger partial charge in [0.25, 0.3) is 0 Å². The fraction of sp³-hybridized carbons (Fsp3) is 1.00. The molecule has 1 rings (SSSR count). The van der Waals surface area contributed by atoms with E-state index in [0.29, 0.717) is 11.5 Å². The monoisotopic (exact) mass is 204 g/mol. The molecule has 78 valence electrons. The Hall–Kier alpha value is -0.0900. The van der Waals surface area contributed by atoms with Gasteiger partial charge >= 0.3 is 0 Å². The van der Waals surface area contributed by atoms with Gasteiger partial charge in [0.1, 0.15) is 0 Å². The van der Waals surface area contributed by atoms with Crippen LogP contribution in [0, 0.1) is 0 Å². The van der Waals surface area contributed by atoms with Crippen molar-refractivity contribution in [1.29, 1.82) is 0 Å². The minimum atomic E-state index is -1.94. The van der Waals surface area contributed by atoms with Gasteiger partial charge in [-0.2, -0.15) is 0 Å². The van der Waals surface area contributed by atoms with Crippen molar-refractivity contribution in [2.45, 2.75) is 45.2 Å². The summed E-state index contributed by atoms with van der Waals surface area (Å²) in [5, 5.41) is 0. The molecule has 0 aliphatic carbocycles. The molecule has 1 aliphatic rings. The lowest BCUT2D eigenvalue weighted by atomic mass is 10.1. The van der Waals surface area contributed by atoms with Crippen LogP contribution in [0.3, 0.4) is 0 Å². The topological polar surface area (TPSA) is 55.5 Å². The van der Waals surface area contributed by atoms with E-state index in [1.165, 1.54) is 0 Å². The van der Waals surface area contributed by atoms with Crippen LogP contribution in [-0.4, -0.2) is 27.3 Å². The van der Waals surface area contributed by atoms with Gasteiger partial charge in [-0.3, -0.25) is 0 Å². The molecule has 0 radical (unpaired) electrons. The van der Waals surface area contributed by atoms with Gasteiger partial charge in [-0.15, -0.1) is 0 Å². The molecule has 0 aromatic heterocycles. The number of nitrogens with two attached hydrogens (primary N) is 1. The molecule has 1 heterocycles. The summed E-state index contributed by atoms with van der Waals surface area (Å²) in [4.78, 5) is 0. The van der Waals surface area contributed by atoms with E-state index in [-0.39, 0.29) is 11.6 Å². The Bertz CT molecular complexity index is 270. The smallest absolute Gasteiger partial charge is 0.0618 e. The Kier molecular flexibility index (Phi) is 3.02. The SMILES string of the molecule is CC(C)(C)N=S1(=O)CCC(N)CC1. The second-order valence-corrected chi connectivity index (χ2v) is 7.32. The second kappa shape index (κ2) is 3.58. The van der Waals surface area contributed by atoms with E-state index < -0.39 is 9.73 Å². The summed E-state index contributed by atoms with van der Waals surface area (Å²) < 4.78 is 16.6. The lowest BCUT2D eigenvalue weighted by molar-refractivity contribution is 0.560. The molecule has 1 fully saturated rings. The van der Waals surface area contributed by atoms with E-state index in [9.17, 15) is 4.21 Å². The molecule has 1 saturated heterocycles. The zero-order valence-electron chi connectivity index (χ0n) is 8.75. The summed E-state index contributed by atoms with van der Waals surface area (Å²) in [6.45, 7) is 5.98. The summed E-state index contributed by atoms with van der Waals surface area (Å²) >= 11 is 0. The van der Waals surface area contributed by atoms with Gasteiger partial charge in [-0.1, -0.05) is 0 Å². The largest absolute Gasteiger partial charge is 0.328 e. The highest BCUT2D eigenvalue weighted by atomic mass is 32.2. The van der Waals surface area contributed by atoms with Crippen molar-refractivity contribution in [3.8, 4) is 0 Å². The van der Waals surface area contributed by atoms with Gasteiger partial charge in [0.15, 0.2) is 0 Å². The van der Waals surface area contributed by atoms with Crippen LogP contribution in [0.25, 0.3) is 0 Å². The van der Waals surface area contributed by atoms with Crippen LogP contribution in [0.15, 0.2) is 4.36 Å². The van der Waals surface area contributed by atoms with Crippen LogP contribution in [0.4, 0.5) is 0 Å². The summed E-state index contributed by atoms with van der Waals surface area (Å²) in [5.74, 6) is 1.37. The summed E-state index contributed by atoms with van der Waals surface area (Å²) in [7, 11) is -1.94. The van der Waals surface area contributed by atoms with Crippen molar-refractivity contribution in [3.05, 3.63) is 0 Å². The first kappa shape index (κ1) is 11.0. The molecule has 13 heavy (non-hydrogen) atoms. The van der Waals surface area contributed by atoms with Crippen molar-refractivity contribution >= 4 is 9.73 Å². The van der Waals surface area contributed by atoms with Crippen LogP contribution in [0.2, 0.25) is 0 Å². The van der Waals surface area contributed by atoms with E-state index in [0.717, 1.165) is 12.8 Å². The predicted molar refractivity (Wildman–Crippen MR) is 57.3 cm³/mol. The van der Waals surface area contributed by atoms with Gasteiger partial charge in [0.2, 0.25) is 0 Å². The number of rotatable bonds is 0. The average molecular weight is 204 g/mol. The van der Waals surface area contributed by atoms with Crippen molar-refractivity contribution in [1.82, 2.24) is 0 Å². The molecule has 0 spiro atoms. The normalized spacial score (nSPS) is 35.8. The Balaban J connectivity index is 2.79. The molecule has 2 N–H and O–H groups in total. The Morgan fingerprint density at radius 1 is 1.31 bits per heavy atom. The fourth-order valence-corrected chi connectivity index (χ4v) is 4.23. The van der Waals surface area contributed by atoms with E-state index in [1.807, 2.05) is 20.8 Å². The quantitative estimate of drug-likeness (QED) is 0.648. The lowest BCUT2D eigenvalue weighted by Gasteiger charge is -2.24. The van der Waals surface area contributed by atoms with Crippen LogP contribution in [-0.2, 0) is 9.73 Å². The number of hydrogen-bond donors (Lipinski definition) is 1. The molecular formula is C9H20N2OS. The molecule has 0 unspecified atom stereocenters. The minimum Gasteiger partial charge on any atom is -0.328 e. The first-order valence-electron chi connectivity index (χ1n) is 4.80. The molecule has 0 aromatic carbocycles. The van der Waals surface area contributed by atoms with Crippen molar-refractivity contribution in [2.75, 3.05) is 11.5 Å². The van der Waals surface area contributed by atoms with Crippen molar-refractivity contribution in [2.24, 2.45) is 10.1 Å². The highest BCUT2D eigenvalue weighted by Gasteiger charge is 2.22. The summed E-state index contributed by atoms with van der Waals surface area (Å²) in [6.07, 6.45) is 1.72. The summed E-state index contributed by atoms with van der Waals surface area (Å²) in [6, 6.07) is 0.241. The van der Waals surface area contributed by atoms with E-state index in [1.54, 1.807) is 0 Å². The van der Waals surface area contributed by atoms with Crippen LogP contribution >= 0.6 is 0 Å². The molecule has 3 nitrogen and oxygen atoms in total. The fourth-order valence-electron chi connectivity index (χ4n) is 1.51. The second-order valence-electron chi connectivity index (χ2n) is 4.78. The Labute approximate surface area is 81.3 Å². The first-order valence-corrected chi connectivity index (χ1v) is 6.65. The van der Waals surface area contributed by atoms with Crippen LogP contribution < -0.4 is 5.73 Å². The van der Waals surface area contributed by atoms with Gasteiger partial charge in [0.05, 0.1) is 5.54 Å². The van der Waals surface area contributed by atoms with Crippen molar-refractivity contribution in [3.63, 3.8) is 0 Å². The van der Waals surface area contributed by atoms with E-state index in [4.69, 9.17) is 5.73 Å². The van der Waals surface area contributed by atoms with E-state index in [2.05, 4.69) is 4.36 Å². The third-order valence-electron chi connectivity index (χ3n) is 2.06. The minimum absolute atomic E-state index is 0.182. The highest BCUT2D eigenvalue weighted by molar-refractivity contribution is 7.93. The molecule has 0 saturated carbocycles. The Morgan fingerprint density at radius 3 is 2.15 bits per heavy atom. The maximum absolute atomic E-state index is 12.1.